The molecule has 0 atom stereocenters. The lowest BCUT2D eigenvalue weighted by atomic mass is 10.1. The number of rotatable bonds is 5. The average Bonchev–Trinajstić information content (AvgIpc) is 2.67. The predicted molar refractivity (Wildman–Crippen MR) is 106 cm³/mol. The second kappa shape index (κ2) is 7.99. The van der Waals surface area contributed by atoms with E-state index in [1.165, 1.54) is 12.1 Å². The first kappa shape index (κ1) is 19.2. The molecule has 0 radical (unpaired) electrons. The molecule has 0 saturated heterocycles. The molecule has 3 aromatic carbocycles. The van der Waals surface area contributed by atoms with Crippen molar-refractivity contribution in [1.82, 2.24) is 0 Å². The topological polar surface area (TPSA) is 99.4 Å². The maximum absolute atomic E-state index is 12.7. The minimum absolute atomic E-state index is 0.0520. The van der Waals surface area contributed by atoms with Crippen molar-refractivity contribution in [3.05, 3.63) is 70.2 Å². The number of benzene rings is 3. The Morgan fingerprint density at radius 2 is 1.86 bits per heavy atom. The van der Waals surface area contributed by atoms with Gasteiger partial charge in [0.15, 0.2) is 0 Å². The Kier molecular flexibility index (Phi) is 5.48. The highest BCUT2D eigenvalue weighted by molar-refractivity contribution is 6.31. The third-order valence-electron chi connectivity index (χ3n) is 4.08. The standard InChI is InChI=1S/C21H15ClN2O4/c1-2-28-19-10-18(17(21(26)27)9-15(19)11-23)24-20(25)14-4-3-13-8-16(22)6-5-12(13)7-14/h3-10H,2H2,1H3,(H,24,25)(H,26,27). The summed E-state index contributed by atoms with van der Waals surface area (Å²) in [4.78, 5) is 24.3. The lowest BCUT2D eigenvalue weighted by Crippen LogP contribution is -2.15. The highest BCUT2D eigenvalue weighted by atomic mass is 35.5. The molecule has 3 rings (SSSR count). The van der Waals surface area contributed by atoms with E-state index in [9.17, 15) is 20.0 Å². The summed E-state index contributed by atoms with van der Waals surface area (Å²) in [6.07, 6.45) is 0. The molecule has 0 spiro atoms. The van der Waals surface area contributed by atoms with Crippen LogP contribution in [0.5, 0.6) is 5.75 Å². The highest BCUT2D eigenvalue weighted by Crippen LogP contribution is 2.28. The van der Waals surface area contributed by atoms with E-state index in [4.69, 9.17) is 16.3 Å². The van der Waals surface area contributed by atoms with Crippen LogP contribution in [0.2, 0.25) is 5.02 Å². The Labute approximate surface area is 165 Å². The van der Waals surface area contributed by atoms with Crippen LogP contribution in [0, 0.1) is 11.3 Å². The molecule has 0 saturated carbocycles. The molecule has 7 heteroatoms. The van der Waals surface area contributed by atoms with Crippen LogP contribution in [0.25, 0.3) is 10.8 Å². The van der Waals surface area contributed by atoms with Gasteiger partial charge in [0, 0.05) is 16.7 Å². The molecule has 6 nitrogen and oxygen atoms in total. The van der Waals surface area contributed by atoms with Gasteiger partial charge in [0.1, 0.15) is 11.8 Å². The highest BCUT2D eigenvalue weighted by Gasteiger charge is 2.18. The smallest absolute Gasteiger partial charge is 0.337 e. The molecule has 0 bridgehead atoms. The minimum Gasteiger partial charge on any atom is -0.492 e. The Morgan fingerprint density at radius 3 is 2.54 bits per heavy atom. The molecular formula is C21H15ClN2O4. The fourth-order valence-corrected chi connectivity index (χ4v) is 2.96. The summed E-state index contributed by atoms with van der Waals surface area (Å²) < 4.78 is 5.38. The van der Waals surface area contributed by atoms with E-state index in [1.54, 1.807) is 43.3 Å². The molecule has 3 aromatic rings. The van der Waals surface area contributed by atoms with Crippen LogP contribution in [0.1, 0.15) is 33.2 Å². The third-order valence-corrected chi connectivity index (χ3v) is 4.32. The first-order valence-corrected chi connectivity index (χ1v) is 8.75. The van der Waals surface area contributed by atoms with Crippen molar-refractivity contribution >= 4 is 39.9 Å². The maximum Gasteiger partial charge on any atom is 0.337 e. The normalized spacial score (nSPS) is 10.3. The second-order valence-electron chi connectivity index (χ2n) is 5.90. The van der Waals surface area contributed by atoms with Crippen LogP contribution in [-0.2, 0) is 0 Å². The van der Waals surface area contributed by atoms with Crippen molar-refractivity contribution in [3.8, 4) is 11.8 Å². The Balaban J connectivity index is 1.99. The number of nitriles is 1. The summed E-state index contributed by atoms with van der Waals surface area (Å²) in [5, 5.41) is 23.5. The van der Waals surface area contributed by atoms with Gasteiger partial charge in [-0.15, -0.1) is 0 Å². The number of carbonyl (C=O) groups is 2. The van der Waals surface area contributed by atoms with Crippen molar-refractivity contribution in [2.45, 2.75) is 6.92 Å². The molecule has 0 heterocycles. The number of hydrogen-bond donors (Lipinski definition) is 2. The fourth-order valence-electron chi connectivity index (χ4n) is 2.77. The SMILES string of the molecule is CCOc1cc(NC(=O)c2ccc3cc(Cl)ccc3c2)c(C(=O)O)cc1C#N. The van der Waals surface area contributed by atoms with Crippen LogP contribution in [0.15, 0.2) is 48.5 Å². The quantitative estimate of drug-likeness (QED) is 0.652. The van der Waals surface area contributed by atoms with Crippen molar-refractivity contribution in [3.63, 3.8) is 0 Å². The summed E-state index contributed by atoms with van der Waals surface area (Å²) in [7, 11) is 0. The zero-order chi connectivity index (χ0) is 20.3. The molecular weight excluding hydrogens is 380 g/mol. The van der Waals surface area contributed by atoms with E-state index in [1.807, 2.05) is 6.07 Å². The van der Waals surface area contributed by atoms with Gasteiger partial charge in [-0.05, 0) is 48.0 Å². The number of nitrogens with one attached hydrogen (secondary N) is 1. The zero-order valence-electron chi connectivity index (χ0n) is 14.8. The van der Waals surface area contributed by atoms with Crippen molar-refractivity contribution in [1.29, 1.82) is 5.26 Å². The largest absolute Gasteiger partial charge is 0.492 e. The van der Waals surface area contributed by atoms with Gasteiger partial charge in [0.05, 0.1) is 23.4 Å². The van der Waals surface area contributed by atoms with E-state index in [-0.39, 0.29) is 22.6 Å². The fraction of sp³-hybridized carbons (Fsp3) is 0.0952. The molecule has 0 fully saturated rings. The van der Waals surface area contributed by atoms with Gasteiger partial charge >= 0.3 is 5.97 Å². The third kappa shape index (κ3) is 3.90. The summed E-state index contributed by atoms with van der Waals surface area (Å²) in [5.74, 6) is -1.53. The Morgan fingerprint density at radius 1 is 1.14 bits per heavy atom. The number of carboxylic acid groups (broad SMARTS) is 1. The predicted octanol–water partition coefficient (Wildman–Crippen LogP) is 4.71. The molecule has 1 amide bonds. The molecule has 0 aliphatic heterocycles. The van der Waals surface area contributed by atoms with E-state index >= 15 is 0 Å². The number of ether oxygens (including phenoxy) is 1. The number of anilines is 1. The van der Waals surface area contributed by atoms with Crippen molar-refractivity contribution in [2.75, 3.05) is 11.9 Å². The first-order valence-electron chi connectivity index (χ1n) is 8.38. The summed E-state index contributed by atoms with van der Waals surface area (Å²) in [5.41, 5.74) is 0.297. The van der Waals surface area contributed by atoms with Crippen molar-refractivity contribution < 1.29 is 19.4 Å². The van der Waals surface area contributed by atoms with Gasteiger partial charge in [0.25, 0.3) is 5.91 Å². The lowest BCUT2D eigenvalue weighted by Gasteiger charge is -2.13. The van der Waals surface area contributed by atoms with E-state index in [0.717, 1.165) is 10.8 Å². The van der Waals surface area contributed by atoms with Crippen LogP contribution < -0.4 is 10.1 Å². The van der Waals surface area contributed by atoms with Gasteiger partial charge in [-0.25, -0.2) is 4.79 Å². The van der Waals surface area contributed by atoms with E-state index in [2.05, 4.69) is 5.32 Å². The van der Waals surface area contributed by atoms with Gasteiger partial charge < -0.3 is 15.2 Å². The number of nitrogens with zero attached hydrogens (tertiary/aromatic N) is 1. The number of amides is 1. The summed E-state index contributed by atoms with van der Waals surface area (Å²) >= 11 is 5.97. The average molecular weight is 395 g/mol. The van der Waals surface area contributed by atoms with E-state index < -0.39 is 11.9 Å². The molecule has 0 aromatic heterocycles. The molecule has 0 unspecified atom stereocenters. The molecule has 0 aliphatic carbocycles. The number of aromatic carboxylic acids is 1. The minimum atomic E-state index is -1.26. The number of halogens is 1. The number of carboxylic acids is 1. The van der Waals surface area contributed by atoms with Crippen molar-refractivity contribution in [2.24, 2.45) is 0 Å². The lowest BCUT2D eigenvalue weighted by molar-refractivity contribution is 0.0698. The van der Waals surface area contributed by atoms with Crippen LogP contribution in [0.4, 0.5) is 5.69 Å². The zero-order valence-corrected chi connectivity index (χ0v) is 15.6. The number of fused-ring (bicyclic) bond motifs is 1. The first-order chi connectivity index (χ1) is 13.4. The summed E-state index contributed by atoms with van der Waals surface area (Å²) in [6.45, 7) is 2.04. The van der Waals surface area contributed by atoms with Crippen LogP contribution >= 0.6 is 11.6 Å². The van der Waals surface area contributed by atoms with Gasteiger partial charge in [0.2, 0.25) is 0 Å². The van der Waals surface area contributed by atoms with Crippen LogP contribution in [0.3, 0.4) is 0 Å². The molecule has 140 valence electrons. The number of hydrogen-bond acceptors (Lipinski definition) is 4. The Bertz CT molecular complexity index is 1140. The van der Waals surface area contributed by atoms with Gasteiger partial charge in [-0.3, -0.25) is 4.79 Å². The van der Waals surface area contributed by atoms with Gasteiger partial charge in [-0.1, -0.05) is 23.7 Å². The Hall–Kier alpha value is -3.56. The molecule has 2 N–H and O–H groups in total. The monoisotopic (exact) mass is 394 g/mol. The van der Waals surface area contributed by atoms with Gasteiger partial charge in [-0.2, -0.15) is 5.26 Å². The van der Waals surface area contributed by atoms with E-state index in [0.29, 0.717) is 17.2 Å². The maximum atomic E-state index is 12.7. The summed E-state index contributed by atoms with van der Waals surface area (Å²) in [6, 6.07) is 14.8. The molecule has 0 aliphatic rings. The van der Waals surface area contributed by atoms with Crippen LogP contribution in [-0.4, -0.2) is 23.6 Å². The number of carbonyl (C=O) groups excluding carboxylic acids is 1. The molecule has 28 heavy (non-hydrogen) atoms. The second-order valence-corrected chi connectivity index (χ2v) is 6.34.